The zero-order valence-corrected chi connectivity index (χ0v) is 19.3. The highest BCUT2D eigenvalue weighted by Crippen LogP contribution is 2.53. The zero-order chi connectivity index (χ0) is 21.6. The third-order valence-corrected chi connectivity index (χ3v) is 7.67. The quantitative estimate of drug-likeness (QED) is 0.368. The summed E-state index contributed by atoms with van der Waals surface area (Å²) < 4.78 is 12.6. The van der Waals surface area contributed by atoms with Crippen molar-refractivity contribution in [3.8, 4) is 11.5 Å². The van der Waals surface area contributed by atoms with E-state index in [2.05, 4.69) is 77.7 Å². The fraction of sp³-hybridized carbons (Fsp3) is 0.357. The molecule has 2 aliphatic heterocycles. The molecule has 0 aromatic heterocycles. The van der Waals surface area contributed by atoms with Crippen LogP contribution in [0.3, 0.4) is 0 Å². The van der Waals surface area contributed by atoms with Gasteiger partial charge in [-0.05, 0) is 67.7 Å². The molecule has 1 saturated heterocycles. The Bertz CT molecular complexity index is 986. The van der Waals surface area contributed by atoms with Crippen LogP contribution in [0.15, 0.2) is 83.8 Å². The summed E-state index contributed by atoms with van der Waals surface area (Å²) in [7, 11) is 0. The first-order valence-electron chi connectivity index (χ1n) is 11.8. The van der Waals surface area contributed by atoms with E-state index in [1.807, 2.05) is 17.8 Å². The largest absolute Gasteiger partial charge is 0.494 e. The Labute approximate surface area is 195 Å². The lowest BCUT2D eigenvalue weighted by molar-refractivity contribution is 0.190. The minimum atomic E-state index is -0.0366. The Kier molecular flexibility index (Phi) is 7.00. The van der Waals surface area contributed by atoms with Crippen molar-refractivity contribution in [2.75, 3.05) is 26.2 Å². The van der Waals surface area contributed by atoms with Gasteiger partial charge in [0.05, 0.1) is 16.8 Å². The van der Waals surface area contributed by atoms with Crippen molar-refractivity contribution in [3.63, 3.8) is 0 Å². The van der Waals surface area contributed by atoms with Gasteiger partial charge < -0.3 is 14.4 Å². The van der Waals surface area contributed by atoms with E-state index in [1.54, 1.807) is 0 Å². The Morgan fingerprint density at radius 1 is 0.812 bits per heavy atom. The number of benzene rings is 3. The maximum atomic E-state index is 6.52. The number of fused-ring (bicyclic) bond motifs is 1. The Hall–Kier alpha value is -2.43. The molecule has 0 radical (unpaired) electrons. The molecule has 2 unspecified atom stereocenters. The van der Waals surface area contributed by atoms with Crippen LogP contribution in [0, 0.1) is 0 Å². The average Bonchev–Trinajstić information content (AvgIpc) is 2.87. The molecule has 3 nitrogen and oxygen atoms in total. The van der Waals surface area contributed by atoms with Crippen LogP contribution in [0.1, 0.15) is 48.2 Å². The van der Waals surface area contributed by atoms with E-state index in [9.17, 15) is 0 Å². The molecule has 5 rings (SSSR count). The van der Waals surface area contributed by atoms with Crippen molar-refractivity contribution in [2.24, 2.45) is 0 Å². The molecule has 32 heavy (non-hydrogen) atoms. The molecule has 0 spiro atoms. The van der Waals surface area contributed by atoms with Crippen molar-refractivity contribution in [2.45, 2.75) is 41.9 Å². The van der Waals surface area contributed by atoms with Gasteiger partial charge in [0, 0.05) is 6.54 Å². The molecule has 0 bridgehead atoms. The number of piperidine rings is 1. The van der Waals surface area contributed by atoms with Crippen LogP contribution in [0.4, 0.5) is 0 Å². The Morgan fingerprint density at radius 3 is 2.38 bits per heavy atom. The van der Waals surface area contributed by atoms with Gasteiger partial charge in [-0.2, -0.15) is 0 Å². The summed E-state index contributed by atoms with van der Waals surface area (Å²) in [6.07, 6.45) is 5.12. The molecule has 2 heterocycles. The number of hydrogen-bond donors (Lipinski definition) is 0. The van der Waals surface area contributed by atoms with Gasteiger partial charge in [-0.15, -0.1) is 11.8 Å². The standard InChI is InChI=1S/C28H31NO2S/c1-3-10-23(11-4-1)28-27(31-25-12-5-6-13-26(25)32-28)22-14-16-24(17-15-22)30-21-9-20-29-18-7-2-8-19-29/h1,3-6,10-17,27-28H,2,7-9,18-21H2. The lowest BCUT2D eigenvalue weighted by atomic mass is 10.00. The molecular weight excluding hydrogens is 414 g/mol. The summed E-state index contributed by atoms with van der Waals surface area (Å²) in [6.45, 7) is 4.41. The summed E-state index contributed by atoms with van der Waals surface area (Å²) in [6, 6.07) is 27.5. The van der Waals surface area contributed by atoms with Gasteiger partial charge in [0.2, 0.25) is 0 Å². The summed E-state index contributed by atoms with van der Waals surface area (Å²) in [4.78, 5) is 3.77. The van der Waals surface area contributed by atoms with Gasteiger partial charge in [0.25, 0.3) is 0 Å². The highest BCUT2D eigenvalue weighted by molar-refractivity contribution is 7.99. The number of rotatable bonds is 7. The lowest BCUT2D eigenvalue weighted by Gasteiger charge is -2.33. The van der Waals surface area contributed by atoms with Crippen molar-refractivity contribution >= 4 is 11.8 Å². The first-order valence-corrected chi connectivity index (χ1v) is 12.7. The van der Waals surface area contributed by atoms with Crippen LogP contribution in [0.2, 0.25) is 0 Å². The number of ether oxygens (including phenoxy) is 2. The third-order valence-electron chi connectivity index (χ3n) is 6.30. The molecule has 0 aliphatic carbocycles. The fourth-order valence-electron chi connectivity index (χ4n) is 4.59. The van der Waals surface area contributed by atoms with E-state index in [0.717, 1.165) is 31.1 Å². The minimum absolute atomic E-state index is 0.0366. The van der Waals surface area contributed by atoms with Crippen LogP contribution < -0.4 is 9.47 Å². The maximum absolute atomic E-state index is 6.52. The van der Waals surface area contributed by atoms with Crippen LogP contribution >= 0.6 is 11.8 Å². The maximum Gasteiger partial charge on any atom is 0.140 e. The third kappa shape index (κ3) is 5.13. The molecule has 4 heteroatoms. The zero-order valence-electron chi connectivity index (χ0n) is 18.5. The van der Waals surface area contributed by atoms with E-state index in [4.69, 9.17) is 9.47 Å². The molecule has 3 aromatic carbocycles. The van der Waals surface area contributed by atoms with E-state index < -0.39 is 0 Å². The van der Waals surface area contributed by atoms with Gasteiger partial charge in [0.1, 0.15) is 17.6 Å². The van der Waals surface area contributed by atoms with E-state index in [-0.39, 0.29) is 11.4 Å². The Morgan fingerprint density at radius 2 is 1.56 bits per heavy atom. The van der Waals surface area contributed by atoms with Crippen molar-refractivity contribution in [1.29, 1.82) is 0 Å². The first-order chi connectivity index (χ1) is 15.9. The first kappa shape index (κ1) is 21.4. The second kappa shape index (κ2) is 10.5. The predicted molar refractivity (Wildman–Crippen MR) is 132 cm³/mol. The van der Waals surface area contributed by atoms with E-state index in [0.29, 0.717) is 0 Å². The highest BCUT2D eigenvalue weighted by Gasteiger charge is 2.33. The summed E-state index contributed by atoms with van der Waals surface area (Å²) >= 11 is 1.89. The van der Waals surface area contributed by atoms with Gasteiger partial charge in [-0.3, -0.25) is 0 Å². The fourth-order valence-corrected chi connectivity index (χ4v) is 5.88. The molecule has 166 valence electrons. The van der Waals surface area contributed by atoms with Crippen molar-refractivity contribution < 1.29 is 9.47 Å². The van der Waals surface area contributed by atoms with Gasteiger partial charge in [0.15, 0.2) is 0 Å². The van der Waals surface area contributed by atoms with Crippen molar-refractivity contribution in [1.82, 2.24) is 4.90 Å². The van der Waals surface area contributed by atoms with Crippen LogP contribution in [-0.4, -0.2) is 31.1 Å². The summed E-state index contributed by atoms with van der Waals surface area (Å²) in [5.74, 6) is 1.90. The highest BCUT2D eigenvalue weighted by atomic mass is 32.2. The monoisotopic (exact) mass is 445 g/mol. The summed E-state index contributed by atoms with van der Waals surface area (Å²) in [5, 5.41) is 0.211. The SMILES string of the molecule is c1ccc(C2Sc3ccccc3OC2c2ccc(OCCCN3CCCCC3)cc2)cc1. The number of nitrogens with zero attached hydrogens (tertiary/aromatic N) is 1. The second-order valence-electron chi connectivity index (χ2n) is 8.61. The van der Waals surface area contributed by atoms with Crippen LogP contribution in [0.5, 0.6) is 11.5 Å². The number of para-hydroxylation sites is 1. The molecular formula is C28H31NO2S. The molecule has 2 atom stereocenters. The number of likely N-dealkylation sites (tertiary alicyclic amines) is 1. The van der Waals surface area contributed by atoms with Gasteiger partial charge >= 0.3 is 0 Å². The van der Waals surface area contributed by atoms with Crippen LogP contribution in [0.25, 0.3) is 0 Å². The molecule has 0 amide bonds. The smallest absolute Gasteiger partial charge is 0.140 e. The normalized spacial score (nSPS) is 20.9. The van der Waals surface area contributed by atoms with Gasteiger partial charge in [-0.25, -0.2) is 0 Å². The minimum Gasteiger partial charge on any atom is -0.494 e. The Balaban J connectivity index is 1.25. The number of hydrogen-bond acceptors (Lipinski definition) is 4. The molecule has 3 aromatic rings. The molecule has 0 N–H and O–H groups in total. The topological polar surface area (TPSA) is 21.7 Å². The van der Waals surface area contributed by atoms with Crippen molar-refractivity contribution in [3.05, 3.63) is 90.0 Å². The number of thioether (sulfide) groups is 1. The molecule has 1 fully saturated rings. The molecule has 2 aliphatic rings. The van der Waals surface area contributed by atoms with E-state index in [1.165, 1.54) is 48.4 Å². The lowest BCUT2D eigenvalue weighted by Crippen LogP contribution is -2.31. The summed E-state index contributed by atoms with van der Waals surface area (Å²) in [5.41, 5.74) is 2.47. The second-order valence-corrected chi connectivity index (χ2v) is 9.79. The van der Waals surface area contributed by atoms with Crippen LogP contribution in [-0.2, 0) is 0 Å². The van der Waals surface area contributed by atoms with E-state index >= 15 is 0 Å². The average molecular weight is 446 g/mol. The molecule has 0 saturated carbocycles. The van der Waals surface area contributed by atoms with Gasteiger partial charge in [-0.1, -0.05) is 61.0 Å². The predicted octanol–water partition coefficient (Wildman–Crippen LogP) is 6.91.